The highest BCUT2D eigenvalue weighted by Crippen LogP contribution is 2.37. The maximum absolute atomic E-state index is 11.1. The Balaban J connectivity index is 2.34. The third-order valence-electron chi connectivity index (χ3n) is 3.21. The van der Waals surface area contributed by atoms with Crippen molar-refractivity contribution in [1.82, 2.24) is 0 Å². The average molecular weight is 292 g/mol. The Labute approximate surface area is 123 Å². The zero-order chi connectivity index (χ0) is 15.4. The number of ether oxygens (including phenoxy) is 2. The molecule has 21 heavy (non-hydrogen) atoms. The highest BCUT2D eigenvalue weighted by Gasteiger charge is 2.23. The number of hydrogen-bond donors (Lipinski definition) is 2. The number of allylic oxidation sites excluding steroid dienone is 1. The summed E-state index contributed by atoms with van der Waals surface area (Å²) in [6, 6.07) is 3.75. The zero-order valence-electron chi connectivity index (χ0n) is 12.3. The molecule has 0 spiro atoms. The number of carboxylic acid groups (broad SMARTS) is 1. The van der Waals surface area contributed by atoms with Crippen LogP contribution in [0.15, 0.2) is 24.0 Å². The largest absolute Gasteiger partial charge is 0.490 e. The van der Waals surface area contributed by atoms with Crippen LogP contribution in [-0.4, -0.2) is 28.9 Å². The molecular weight excluding hydrogens is 272 g/mol. The lowest BCUT2D eigenvalue weighted by molar-refractivity contribution is -0.135. The number of aliphatic hydroxyl groups is 1. The first-order valence-electron chi connectivity index (χ1n) is 7.09. The summed E-state index contributed by atoms with van der Waals surface area (Å²) in [5.74, 6) is 0.0946. The number of hydrogen-bond acceptors (Lipinski definition) is 4. The van der Waals surface area contributed by atoms with Gasteiger partial charge < -0.3 is 19.7 Å². The molecule has 1 heterocycles. The van der Waals surface area contributed by atoms with Crippen LogP contribution >= 0.6 is 0 Å². The maximum atomic E-state index is 11.1. The van der Waals surface area contributed by atoms with Gasteiger partial charge >= 0.3 is 5.97 Å². The lowest BCUT2D eigenvalue weighted by Gasteiger charge is -2.22. The van der Waals surface area contributed by atoms with Crippen molar-refractivity contribution in [3.8, 4) is 11.5 Å². The van der Waals surface area contributed by atoms with Crippen LogP contribution in [0.1, 0.15) is 31.4 Å². The number of aliphatic carboxylic acids is 1. The van der Waals surface area contributed by atoms with E-state index in [1.54, 1.807) is 6.92 Å². The Morgan fingerprint density at radius 3 is 2.86 bits per heavy atom. The van der Waals surface area contributed by atoms with E-state index in [1.807, 2.05) is 12.1 Å². The summed E-state index contributed by atoms with van der Waals surface area (Å²) in [5, 5.41) is 18.4. The number of rotatable bonds is 6. The van der Waals surface area contributed by atoms with Gasteiger partial charge in [-0.2, -0.15) is 0 Å². The first-order valence-corrected chi connectivity index (χ1v) is 7.09. The molecule has 0 aromatic heterocycles. The Kier molecular flexibility index (Phi) is 4.85. The van der Waals surface area contributed by atoms with E-state index in [9.17, 15) is 9.90 Å². The minimum atomic E-state index is -1.07. The Hall–Kier alpha value is -2.01. The fraction of sp³-hybridized carbons (Fsp3) is 0.438. The first-order chi connectivity index (χ1) is 10.0. The minimum Gasteiger partial charge on any atom is -0.490 e. The predicted octanol–water partition coefficient (Wildman–Crippen LogP) is 2.30. The van der Waals surface area contributed by atoms with Crippen molar-refractivity contribution in [1.29, 1.82) is 0 Å². The standard InChI is InChI=1S/C16H20O5/c1-3-4-11-5-7-13(20-9-10(2)17)12-6-8-14(16(18)19)21-15(11)12/h5,7-8,10,17H,3-4,6,9H2,1-2H3,(H,18,19). The molecule has 0 fully saturated rings. The molecule has 0 aliphatic carbocycles. The summed E-state index contributed by atoms with van der Waals surface area (Å²) in [6.45, 7) is 3.90. The summed E-state index contributed by atoms with van der Waals surface area (Å²) >= 11 is 0. The van der Waals surface area contributed by atoms with E-state index in [0.29, 0.717) is 17.9 Å². The lowest BCUT2D eigenvalue weighted by Crippen LogP contribution is -2.17. The minimum absolute atomic E-state index is 0.0486. The summed E-state index contributed by atoms with van der Waals surface area (Å²) in [7, 11) is 0. The van der Waals surface area contributed by atoms with Crippen molar-refractivity contribution in [3.05, 3.63) is 35.1 Å². The van der Waals surface area contributed by atoms with Crippen molar-refractivity contribution in [2.75, 3.05) is 6.61 Å². The molecule has 0 bridgehead atoms. The maximum Gasteiger partial charge on any atom is 0.371 e. The van der Waals surface area contributed by atoms with Gasteiger partial charge in [-0.15, -0.1) is 0 Å². The molecule has 0 radical (unpaired) electrons. The second-order valence-electron chi connectivity index (χ2n) is 5.12. The van der Waals surface area contributed by atoms with Crippen molar-refractivity contribution < 1.29 is 24.5 Å². The molecule has 5 nitrogen and oxygen atoms in total. The highest BCUT2D eigenvalue weighted by molar-refractivity contribution is 5.85. The van der Waals surface area contributed by atoms with Gasteiger partial charge in [-0.3, -0.25) is 0 Å². The van der Waals surface area contributed by atoms with E-state index in [2.05, 4.69) is 6.92 Å². The molecular formula is C16H20O5. The van der Waals surface area contributed by atoms with Crippen LogP contribution in [-0.2, 0) is 17.6 Å². The van der Waals surface area contributed by atoms with Crippen molar-refractivity contribution >= 4 is 5.97 Å². The lowest BCUT2D eigenvalue weighted by atomic mass is 9.99. The molecule has 1 aromatic rings. The van der Waals surface area contributed by atoms with Gasteiger partial charge in [-0.25, -0.2) is 4.79 Å². The summed E-state index contributed by atoms with van der Waals surface area (Å²) < 4.78 is 11.1. The molecule has 0 amide bonds. The molecule has 1 atom stereocenters. The van der Waals surface area contributed by atoms with E-state index in [1.165, 1.54) is 6.08 Å². The van der Waals surface area contributed by atoms with Gasteiger partial charge in [0.2, 0.25) is 5.76 Å². The van der Waals surface area contributed by atoms with Gasteiger partial charge in [-0.05, 0) is 31.1 Å². The number of aryl methyl sites for hydroxylation is 1. The Bertz CT molecular complexity index is 560. The first kappa shape index (κ1) is 15.4. The van der Waals surface area contributed by atoms with Crippen LogP contribution in [0, 0.1) is 0 Å². The molecule has 1 aromatic carbocycles. The number of aliphatic hydroxyl groups excluding tert-OH is 1. The molecule has 0 saturated carbocycles. The third-order valence-corrected chi connectivity index (χ3v) is 3.21. The van der Waals surface area contributed by atoms with Gasteiger partial charge in [0.25, 0.3) is 0 Å². The number of fused-ring (bicyclic) bond motifs is 1. The number of benzene rings is 1. The molecule has 114 valence electrons. The third kappa shape index (κ3) is 3.55. The van der Waals surface area contributed by atoms with E-state index >= 15 is 0 Å². The summed E-state index contributed by atoms with van der Waals surface area (Å²) in [6.07, 6.45) is 3.17. The van der Waals surface area contributed by atoms with Gasteiger partial charge in [0.05, 0.1) is 6.10 Å². The second kappa shape index (κ2) is 6.63. The van der Waals surface area contributed by atoms with Gasteiger partial charge in [0, 0.05) is 12.0 Å². The number of carboxylic acids is 1. The topological polar surface area (TPSA) is 76.0 Å². The van der Waals surface area contributed by atoms with Crippen LogP contribution in [0.2, 0.25) is 0 Å². The van der Waals surface area contributed by atoms with Crippen LogP contribution in [0.4, 0.5) is 0 Å². The molecule has 1 aliphatic heterocycles. The molecule has 5 heteroatoms. The summed E-state index contributed by atoms with van der Waals surface area (Å²) in [5.41, 5.74) is 1.82. The number of carbonyl (C=O) groups is 1. The summed E-state index contributed by atoms with van der Waals surface area (Å²) in [4.78, 5) is 11.1. The fourth-order valence-electron chi connectivity index (χ4n) is 2.27. The SMILES string of the molecule is CCCc1ccc(OCC(C)O)c2c1OC(C(=O)O)=CC2. The van der Waals surface area contributed by atoms with Crippen LogP contribution in [0.5, 0.6) is 11.5 Å². The monoisotopic (exact) mass is 292 g/mol. The van der Waals surface area contributed by atoms with Crippen LogP contribution in [0.3, 0.4) is 0 Å². The average Bonchev–Trinajstić information content (AvgIpc) is 2.45. The zero-order valence-corrected chi connectivity index (χ0v) is 12.3. The van der Waals surface area contributed by atoms with E-state index in [4.69, 9.17) is 14.6 Å². The molecule has 0 saturated heterocycles. The van der Waals surface area contributed by atoms with E-state index in [-0.39, 0.29) is 12.4 Å². The van der Waals surface area contributed by atoms with Gasteiger partial charge in [0.1, 0.15) is 18.1 Å². The van der Waals surface area contributed by atoms with Crippen LogP contribution < -0.4 is 9.47 Å². The second-order valence-corrected chi connectivity index (χ2v) is 5.12. The van der Waals surface area contributed by atoms with Crippen molar-refractivity contribution in [2.24, 2.45) is 0 Å². The normalized spacial score (nSPS) is 14.7. The molecule has 2 rings (SSSR count). The molecule has 2 N–H and O–H groups in total. The van der Waals surface area contributed by atoms with Crippen molar-refractivity contribution in [2.45, 2.75) is 39.2 Å². The molecule has 1 aliphatic rings. The Morgan fingerprint density at radius 1 is 1.48 bits per heavy atom. The van der Waals surface area contributed by atoms with Crippen LogP contribution in [0.25, 0.3) is 0 Å². The quantitative estimate of drug-likeness (QED) is 0.841. The van der Waals surface area contributed by atoms with E-state index < -0.39 is 12.1 Å². The molecule has 1 unspecified atom stereocenters. The predicted molar refractivity (Wildman–Crippen MR) is 77.7 cm³/mol. The van der Waals surface area contributed by atoms with Gasteiger partial charge in [-0.1, -0.05) is 19.4 Å². The Morgan fingerprint density at radius 2 is 2.24 bits per heavy atom. The van der Waals surface area contributed by atoms with Gasteiger partial charge in [0.15, 0.2) is 0 Å². The smallest absolute Gasteiger partial charge is 0.371 e. The van der Waals surface area contributed by atoms with E-state index in [0.717, 1.165) is 24.0 Å². The van der Waals surface area contributed by atoms with Crippen molar-refractivity contribution in [3.63, 3.8) is 0 Å². The fourth-order valence-corrected chi connectivity index (χ4v) is 2.27. The highest BCUT2D eigenvalue weighted by atomic mass is 16.5.